The summed E-state index contributed by atoms with van der Waals surface area (Å²) in [6, 6.07) is 5.16. The highest BCUT2D eigenvalue weighted by Crippen LogP contribution is 2.23. The number of hydrogen-bond donors (Lipinski definition) is 1. The van der Waals surface area contributed by atoms with Crippen LogP contribution in [0.4, 0.5) is 0 Å². The van der Waals surface area contributed by atoms with Gasteiger partial charge in [-0.1, -0.05) is 17.7 Å². The smallest absolute Gasteiger partial charge is 0.246 e. The van der Waals surface area contributed by atoms with Gasteiger partial charge in [0.2, 0.25) is 11.8 Å². The van der Waals surface area contributed by atoms with Gasteiger partial charge in [-0.3, -0.25) is 14.5 Å². The van der Waals surface area contributed by atoms with Crippen LogP contribution in [-0.2, 0) is 16.1 Å². The summed E-state index contributed by atoms with van der Waals surface area (Å²) in [6.45, 7) is 0.504. The number of nitrogens with zero attached hydrogens (tertiary/aromatic N) is 1. The highest BCUT2D eigenvalue weighted by atomic mass is 79.9. The second-order valence-corrected chi connectivity index (χ2v) is 5.44. The lowest BCUT2D eigenvalue weighted by molar-refractivity contribution is -0.137. The fraction of sp³-hybridized carbons (Fsp3) is 0.333. The van der Waals surface area contributed by atoms with E-state index < -0.39 is 6.04 Å². The molecule has 1 saturated heterocycles. The zero-order chi connectivity index (χ0) is 13.3. The zero-order valence-corrected chi connectivity index (χ0v) is 12.1. The van der Waals surface area contributed by atoms with E-state index in [2.05, 4.69) is 21.2 Å². The molecule has 6 heteroatoms. The predicted octanol–water partition coefficient (Wildman–Crippen LogP) is 1.95. The summed E-state index contributed by atoms with van der Waals surface area (Å²) in [5, 5.41) is 3.69. The minimum Gasteiger partial charge on any atom is -0.301 e. The van der Waals surface area contributed by atoms with Crippen molar-refractivity contribution in [1.29, 1.82) is 0 Å². The Morgan fingerprint density at radius 1 is 1.50 bits per heavy atom. The van der Waals surface area contributed by atoms with Crippen LogP contribution in [0.15, 0.2) is 22.7 Å². The van der Waals surface area contributed by atoms with E-state index in [1.807, 2.05) is 18.2 Å². The fourth-order valence-electron chi connectivity index (χ4n) is 1.81. The molecule has 1 aromatic carbocycles. The second kappa shape index (κ2) is 5.38. The van der Waals surface area contributed by atoms with Crippen LogP contribution in [0.1, 0.15) is 12.0 Å². The lowest BCUT2D eigenvalue weighted by Crippen LogP contribution is -2.36. The normalized spacial score (nSPS) is 19.7. The molecule has 2 rings (SSSR count). The highest BCUT2D eigenvalue weighted by molar-refractivity contribution is 9.10. The molecule has 4 nitrogen and oxygen atoms in total. The first-order valence-corrected chi connectivity index (χ1v) is 6.64. The van der Waals surface area contributed by atoms with Crippen LogP contribution >= 0.6 is 27.5 Å². The molecule has 1 aliphatic heterocycles. The molecule has 1 atom stereocenters. The molecule has 0 spiro atoms. The molecule has 0 bridgehead atoms. The van der Waals surface area contributed by atoms with Crippen LogP contribution in [0.2, 0.25) is 5.02 Å². The van der Waals surface area contributed by atoms with Gasteiger partial charge >= 0.3 is 0 Å². The largest absolute Gasteiger partial charge is 0.301 e. The lowest BCUT2D eigenvalue weighted by atomic mass is 10.2. The molecule has 2 amide bonds. The van der Waals surface area contributed by atoms with Crippen molar-refractivity contribution in [1.82, 2.24) is 10.2 Å². The maximum absolute atomic E-state index is 11.7. The van der Waals surface area contributed by atoms with Crippen molar-refractivity contribution in [2.75, 3.05) is 7.05 Å². The summed E-state index contributed by atoms with van der Waals surface area (Å²) in [6.07, 6.45) is 0.222. The van der Waals surface area contributed by atoms with Crippen LogP contribution in [-0.4, -0.2) is 29.8 Å². The Balaban J connectivity index is 1.98. The highest BCUT2D eigenvalue weighted by Gasteiger charge is 2.35. The topological polar surface area (TPSA) is 49.4 Å². The SMILES string of the molecule is CN1C(=O)CC(NCc2ccc(Br)c(Cl)c2)C1=O. The van der Waals surface area contributed by atoms with Gasteiger partial charge in [-0.05, 0) is 33.6 Å². The Morgan fingerprint density at radius 3 is 2.78 bits per heavy atom. The molecule has 1 aliphatic rings. The Hall–Kier alpha value is -0.910. The molecule has 1 aromatic rings. The number of imide groups is 1. The van der Waals surface area contributed by atoms with E-state index in [9.17, 15) is 9.59 Å². The fourth-order valence-corrected chi connectivity index (χ4v) is 2.26. The van der Waals surface area contributed by atoms with Crippen LogP contribution in [0.25, 0.3) is 0 Å². The number of benzene rings is 1. The van der Waals surface area contributed by atoms with E-state index >= 15 is 0 Å². The second-order valence-electron chi connectivity index (χ2n) is 4.18. The quantitative estimate of drug-likeness (QED) is 0.861. The van der Waals surface area contributed by atoms with Gasteiger partial charge in [0.25, 0.3) is 0 Å². The van der Waals surface area contributed by atoms with Crippen LogP contribution in [0, 0.1) is 0 Å². The van der Waals surface area contributed by atoms with Gasteiger partial charge in [-0.25, -0.2) is 0 Å². The van der Waals surface area contributed by atoms with Gasteiger partial charge in [0, 0.05) is 18.1 Å². The summed E-state index contributed by atoms with van der Waals surface area (Å²) in [5.74, 6) is -0.324. The zero-order valence-electron chi connectivity index (χ0n) is 9.74. The van der Waals surface area contributed by atoms with Gasteiger partial charge in [-0.2, -0.15) is 0 Å². The molecule has 0 radical (unpaired) electrons. The average molecular weight is 332 g/mol. The van der Waals surface area contributed by atoms with Gasteiger partial charge in [-0.15, -0.1) is 0 Å². The molecule has 1 heterocycles. The Bertz CT molecular complexity index is 507. The van der Waals surface area contributed by atoms with E-state index in [0.29, 0.717) is 11.6 Å². The van der Waals surface area contributed by atoms with Crippen molar-refractivity contribution in [3.8, 4) is 0 Å². The van der Waals surface area contributed by atoms with Crippen LogP contribution in [0.3, 0.4) is 0 Å². The summed E-state index contributed by atoms with van der Waals surface area (Å²) >= 11 is 9.29. The summed E-state index contributed by atoms with van der Waals surface area (Å²) in [5.41, 5.74) is 0.970. The molecule has 0 aliphatic carbocycles. The Labute approximate surface area is 118 Å². The molecule has 1 fully saturated rings. The number of carbonyl (C=O) groups is 2. The third-order valence-corrected chi connectivity index (χ3v) is 4.15. The molecule has 96 valence electrons. The summed E-state index contributed by atoms with van der Waals surface area (Å²) in [7, 11) is 1.50. The number of carbonyl (C=O) groups excluding carboxylic acids is 2. The van der Waals surface area contributed by atoms with Crippen molar-refractivity contribution in [2.45, 2.75) is 19.0 Å². The van der Waals surface area contributed by atoms with Gasteiger partial charge in [0.15, 0.2) is 0 Å². The molecular formula is C12H12BrClN2O2. The first-order chi connectivity index (χ1) is 8.49. The third-order valence-electron chi connectivity index (χ3n) is 2.92. The van der Waals surface area contributed by atoms with Gasteiger partial charge in [0.1, 0.15) is 0 Å². The lowest BCUT2D eigenvalue weighted by Gasteiger charge is -2.11. The summed E-state index contributed by atoms with van der Waals surface area (Å²) in [4.78, 5) is 24.2. The average Bonchev–Trinajstić information content (AvgIpc) is 2.58. The molecule has 0 aromatic heterocycles. The first-order valence-electron chi connectivity index (χ1n) is 5.46. The number of nitrogens with one attached hydrogen (secondary N) is 1. The minimum absolute atomic E-state index is 0.147. The van der Waals surface area contributed by atoms with Crippen molar-refractivity contribution in [3.05, 3.63) is 33.3 Å². The predicted molar refractivity (Wildman–Crippen MR) is 72.2 cm³/mol. The van der Waals surface area contributed by atoms with Crippen LogP contribution < -0.4 is 5.32 Å². The minimum atomic E-state index is -0.426. The summed E-state index contributed by atoms with van der Waals surface area (Å²) < 4.78 is 0.833. The molecule has 1 N–H and O–H groups in total. The van der Waals surface area contributed by atoms with E-state index in [-0.39, 0.29) is 18.2 Å². The van der Waals surface area contributed by atoms with Crippen molar-refractivity contribution in [3.63, 3.8) is 0 Å². The molecular weight excluding hydrogens is 320 g/mol. The Kier molecular flexibility index (Phi) is 4.04. The van der Waals surface area contributed by atoms with Crippen molar-refractivity contribution in [2.24, 2.45) is 0 Å². The van der Waals surface area contributed by atoms with Crippen LogP contribution in [0.5, 0.6) is 0 Å². The van der Waals surface area contributed by atoms with Crippen molar-refractivity contribution < 1.29 is 9.59 Å². The first kappa shape index (κ1) is 13.5. The molecule has 1 unspecified atom stereocenters. The standard InChI is InChI=1S/C12H12BrClN2O2/c1-16-11(17)5-10(12(16)18)15-6-7-2-3-8(13)9(14)4-7/h2-4,10,15H,5-6H2,1H3. The molecule has 18 heavy (non-hydrogen) atoms. The van der Waals surface area contributed by atoms with Gasteiger partial charge in [0.05, 0.1) is 17.5 Å². The van der Waals surface area contributed by atoms with E-state index in [1.54, 1.807) is 0 Å². The number of halogens is 2. The monoisotopic (exact) mass is 330 g/mol. The maximum Gasteiger partial charge on any atom is 0.246 e. The van der Waals surface area contributed by atoms with Crippen molar-refractivity contribution >= 4 is 39.3 Å². The van der Waals surface area contributed by atoms with Gasteiger partial charge < -0.3 is 5.32 Å². The third kappa shape index (κ3) is 2.74. The number of likely N-dealkylation sites (N-methyl/N-ethyl adjacent to an activating group) is 1. The number of rotatable bonds is 3. The van der Waals surface area contributed by atoms with E-state index in [0.717, 1.165) is 14.9 Å². The number of likely N-dealkylation sites (tertiary alicyclic amines) is 1. The molecule has 0 saturated carbocycles. The Morgan fingerprint density at radius 2 is 2.22 bits per heavy atom. The maximum atomic E-state index is 11.7. The van der Waals surface area contributed by atoms with E-state index in [1.165, 1.54) is 7.05 Å². The number of amides is 2. The number of hydrogen-bond acceptors (Lipinski definition) is 3. The van der Waals surface area contributed by atoms with E-state index in [4.69, 9.17) is 11.6 Å².